The lowest BCUT2D eigenvalue weighted by Gasteiger charge is -2.33. The molecule has 2 aromatic rings. The fourth-order valence-corrected chi connectivity index (χ4v) is 4.61. The van der Waals surface area contributed by atoms with Gasteiger partial charge in [0.15, 0.2) is 0 Å². The van der Waals surface area contributed by atoms with Gasteiger partial charge in [-0.1, -0.05) is 26.0 Å². The molecule has 3 rings (SSSR count). The third-order valence-corrected chi connectivity index (χ3v) is 5.98. The van der Waals surface area contributed by atoms with E-state index in [4.69, 9.17) is 4.42 Å². The second-order valence-electron chi connectivity index (χ2n) is 7.53. The van der Waals surface area contributed by atoms with E-state index in [0.29, 0.717) is 17.7 Å². The summed E-state index contributed by atoms with van der Waals surface area (Å²) in [6.07, 6.45) is -2.59. The number of alkyl halides is 3. The van der Waals surface area contributed by atoms with Gasteiger partial charge in [0, 0.05) is 0 Å². The number of amides is 2. The monoisotopic (exact) mass is 440 g/mol. The van der Waals surface area contributed by atoms with Gasteiger partial charge in [0.2, 0.25) is 11.8 Å². The van der Waals surface area contributed by atoms with Crippen molar-refractivity contribution in [1.29, 1.82) is 0 Å². The Kier molecular flexibility index (Phi) is 6.80. The zero-order chi connectivity index (χ0) is 21.9. The Morgan fingerprint density at radius 1 is 1.30 bits per heavy atom. The maximum absolute atomic E-state index is 13.2. The van der Waals surface area contributed by atoms with E-state index in [1.54, 1.807) is 18.2 Å². The number of carbonyl (C=O) groups excluding carboxylic acids is 2. The Balaban J connectivity index is 1.86. The van der Waals surface area contributed by atoms with Crippen molar-refractivity contribution in [3.63, 3.8) is 0 Å². The van der Waals surface area contributed by atoms with Crippen molar-refractivity contribution >= 4 is 23.6 Å². The second kappa shape index (κ2) is 9.16. The third-order valence-electron chi connectivity index (χ3n) is 4.75. The predicted molar refractivity (Wildman–Crippen MR) is 107 cm³/mol. The molecule has 1 saturated heterocycles. The topological polar surface area (TPSA) is 62.6 Å². The zero-order valence-electron chi connectivity index (χ0n) is 16.6. The van der Waals surface area contributed by atoms with Crippen LogP contribution in [0.4, 0.5) is 13.2 Å². The molecule has 0 saturated carbocycles. The van der Waals surface area contributed by atoms with Gasteiger partial charge < -0.3 is 14.6 Å². The third kappa shape index (κ3) is 5.19. The van der Waals surface area contributed by atoms with Gasteiger partial charge in [0.25, 0.3) is 0 Å². The number of nitrogens with zero attached hydrogens (tertiary/aromatic N) is 1. The van der Waals surface area contributed by atoms with Crippen LogP contribution >= 0.6 is 11.8 Å². The number of furan rings is 1. The molecule has 30 heavy (non-hydrogen) atoms. The minimum absolute atomic E-state index is 0.102. The quantitative estimate of drug-likeness (QED) is 0.683. The van der Waals surface area contributed by atoms with E-state index in [9.17, 15) is 22.8 Å². The summed E-state index contributed by atoms with van der Waals surface area (Å²) in [5.74, 6) is 0.170. The first-order valence-corrected chi connectivity index (χ1v) is 10.6. The van der Waals surface area contributed by atoms with Crippen molar-refractivity contribution in [3.05, 3.63) is 59.5 Å². The number of halogens is 3. The van der Waals surface area contributed by atoms with Gasteiger partial charge in [-0.3, -0.25) is 9.59 Å². The number of thioether (sulfide) groups is 1. The van der Waals surface area contributed by atoms with Crippen molar-refractivity contribution in [2.75, 3.05) is 5.75 Å². The van der Waals surface area contributed by atoms with E-state index in [1.807, 2.05) is 13.8 Å². The van der Waals surface area contributed by atoms with Gasteiger partial charge in [-0.25, -0.2) is 0 Å². The van der Waals surface area contributed by atoms with Gasteiger partial charge in [0.1, 0.15) is 17.2 Å². The number of nitrogens with one attached hydrogen (secondary N) is 1. The van der Waals surface area contributed by atoms with E-state index in [1.165, 1.54) is 29.0 Å². The first-order chi connectivity index (χ1) is 14.2. The molecule has 1 N–H and O–H groups in total. The summed E-state index contributed by atoms with van der Waals surface area (Å²) in [6, 6.07) is 7.58. The van der Waals surface area contributed by atoms with Crippen LogP contribution in [0.25, 0.3) is 0 Å². The van der Waals surface area contributed by atoms with E-state index in [2.05, 4.69) is 5.32 Å². The van der Waals surface area contributed by atoms with Crippen LogP contribution in [0.3, 0.4) is 0 Å². The molecule has 1 fully saturated rings. The van der Waals surface area contributed by atoms with Crippen LogP contribution in [-0.4, -0.2) is 28.5 Å². The molecule has 0 spiro atoms. The summed E-state index contributed by atoms with van der Waals surface area (Å²) >= 11 is 1.23. The molecule has 2 amide bonds. The van der Waals surface area contributed by atoms with Crippen LogP contribution in [-0.2, 0) is 22.3 Å². The minimum atomic E-state index is -4.48. The number of rotatable bonds is 7. The summed E-state index contributed by atoms with van der Waals surface area (Å²) in [5.41, 5.74) is -0.421. The van der Waals surface area contributed by atoms with E-state index in [-0.39, 0.29) is 30.0 Å². The van der Waals surface area contributed by atoms with Crippen LogP contribution in [0, 0.1) is 5.92 Å². The fourth-order valence-electron chi connectivity index (χ4n) is 3.40. The van der Waals surface area contributed by atoms with Crippen LogP contribution in [0.2, 0.25) is 0 Å². The number of hydrogen-bond donors (Lipinski definition) is 1. The minimum Gasteiger partial charge on any atom is -0.467 e. The molecule has 2 unspecified atom stereocenters. The van der Waals surface area contributed by atoms with Gasteiger partial charge in [-0.05, 0) is 42.2 Å². The first-order valence-electron chi connectivity index (χ1n) is 9.57. The molecule has 2 heterocycles. The molecular weight excluding hydrogens is 417 g/mol. The summed E-state index contributed by atoms with van der Waals surface area (Å²) in [6.45, 7) is 4.03. The van der Waals surface area contributed by atoms with E-state index >= 15 is 0 Å². The van der Waals surface area contributed by atoms with Gasteiger partial charge in [-0.2, -0.15) is 13.2 Å². The zero-order valence-corrected chi connectivity index (χ0v) is 17.4. The number of carbonyl (C=O) groups is 2. The average molecular weight is 440 g/mol. The van der Waals surface area contributed by atoms with Crippen molar-refractivity contribution in [3.8, 4) is 0 Å². The van der Waals surface area contributed by atoms with Crippen molar-refractivity contribution in [1.82, 2.24) is 10.2 Å². The fraction of sp³-hybridized carbons (Fsp3) is 0.429. The van der Waals surface area contributed by atoms with E-state index in [0.717, 1.165) is 12.1 Å². The largest absolute Gasteiger partial charge is 0.467 e. The Labute approximate surface area is 177 Å². The molecule has 1 aliphatic rings. The molecule has 1 aliphatic heterocycles. The maximum Gasteiger partial charge on any atom is 0.416 e. The van der Waals surface area contributed by atoms with E-state index < -0.39 is 23.2 Å². The molecule has 0 aliphatic carbocycles. The summed E-state index contributed by atoms with van der Waals surface area (Å²) < 4.78 is 44.7. The summed E-state index contributed by atoms with van der Waals surface area (Å²) in [4.78, 5) is 27.1. The van der Waals surface area contributed by atoms with Gasteiger partial charge >= 0.3 is 6.18 Å². The van der Waals surface area contributed by atoms with Gasteiger partial charge in [-0.15, -0.1) is 11.8 Å². The molecule has 1 aromatic heterocycles. The molecule has 9 heteroatoms. The van der Waals surface area contributed by atoms with Crippen molar-refractivity contribution in [2.45, 2.75) is 44.4 Å². The van der Waals surface area contributed by atoms with Crippen molar-refractivity contribution < 1.29 is 27.2 Å². The van der Waals surface area contributed by atoms with Crippen LogP contribution in [0.1, 0.15) is 42.5 Å². The molecule has 1 aromatic carbocycles. The summed E-state index contributed by atoms with van der Waals surface area (Å²) in [5, 5.41) is 2.13. The highest BCUT2D eigenvalue weighted by Crippen LogP contribution is 2.42. The standard InChI is InChI=1S/C21H23F3N2O3S/c1-13(2)9-17(19(28)25-11-16-7-4-8-29-16)26-18(27)12-30-20(26)14-5-3-6-15(10-14)21(22,23)24/h3-8,10,13,17,20H,9,11-12H2,1-2H3,(H,25,28). The van der Waals surface area contributed by atoms with Crippen LogP contribution in [0.15, 0.2) is 47.1 Å². The lowest BCUT2D eigenvalue weighted by molar-refractivity contribution is -0.139. The highest BCUT2D eigenvalue weighted by Gasteiger charge is 2.42. The molecular formula is C21H23F3N2O3S. The van der Waals surface area contributed by atoms with Crippen molar-refractivity contribution in [2.24, 2.45) is 5.92 Å². The maximum atomic E-state index is 13.2. The normalized spacial score (nSPS) is 18.1. The lowest BCUT2D eigenvalue weighted by Crippen LogP contribution is -2.49. The van der Waals surface area contributed by atoms with Crippen LogP contribution < -0.4 is 5.32 Å². The number of benzene rings is 1. The molecule has 162 valence electrons. The second-order valence-corrected chi connectivity index (χ2v) is 8.60. The summed E-state index contributed by atoms with van der Waals surface area (Å²) in [7, 11) is 0. The predicted octanol–water partition coefficient (Wildman–Crippen LogP) is 4.60. The SMILES string of the molecule is CC(C)CC(C(=O)NCc1ccco1)N1C(=O)CSC1c1cccc(C(F)(F)F)c1. The highest BCUT2D eigenvalue weighted by molar-refractivity contribution is 8.00. The molecule has 0 bridgehead atoms. The lowest BCUT2D eigenvalue weighted by atomic mass is 10.00. The first kappa shape index (κ1) is 22.3. The number of hydrogen-bond acceptors (Lipinski definition) is 4. The molecule has 5 nitrogen and oxygen atoms in total. The smallest absolute Gasteiger partial charge is 0.416 e. The Morgan fingerprint density at radius 3 is 2.70 bits per heavy atom. The average Bonchev–Trinajstić information content (AvgIpc) is 3.33. The highest BCUT2D eigenvalue weighted by atomic mass is 32.2. The Morgan fingerprint density at radius 2 is 2.07 bits per heavy atom. The van der Waals surface area contributed by atoms with Gasteiger partial charge in [0.05, 0.1) is 24.1 Å². The Hall–Kier alpha value is -2.42. The molecule has 0 radical (unpaired) electrons. The Bertz CT molecular complexity index is 884. The van der Waals surface area contributed by atoms with Crippen LogP contribution in [0.5, 0.6) is 0 Å². The molecule has 2 atom stereocenters.